The van der Waals surface area contributed by atoms with Crippen molar-refractivity contribution in [3.63, 3.8) is 0 Å². The Morgan fingerprint density at radius 2 is 0.723 bits per heavy atom. The number of carbonyl (C=O) groups excluding carboxylic acids is 2. The molecule has 0 saturated heterocycles. The van der Waals surface area contributed by atoms with Crippen molar-refractivity contribution in [1.29, 1.82) is 10.5 Å². The molecular weight excluding hydrogens is 625 g/mol. The van der Waals surface area contributed by atoms with E-state index in [2.05, 4.69) is 24.6 Å². The van der Waals surface area contributed by atoms with E-state index in [-0.39, 0.29) is 25.2 Å². The highest BCUT2D eigenvalue weighted by Gasteiger charge is 2.34. The number of carbonyl (C=O) groups is 2. The first-order valence-electron chi connectivity index (χ1n) is 19.4. The molecule has 8 heteroatoms. The van der Waals surface area contributed by atoms with Crippen LogP contribution in [0.1, 0.15) is 194 Å². The van der Waals surface area contributed by atoms with Gasteiger partial charge in [0.2, 0.25) is 0 Å². The van der Waals surface area contributed by atoms with Crippen LogP contribution < -0.4 is 0 Å². The maximum atomic E-state index is 12.6. The molecule has 0 aromatic carbocycles. The van der Waals surface area contributed by atoms with Crippen LogP contribution in [0.5, 0.6) is 0 Å². The van der Waals surface area contributed by atoms with Gasteiger partial charge in [0.15, 0.2) is 0 Å². The highest BCUT2D eigenvalue weighted by Crippen LogP contribution is 2.29. The molecule has 0 aliphatic carbocycles. The fourth-order valence-electron chi connectivity index (χ4n) is 5.81. The monoisotopic (exact) mass is 694 g/mol. The van der Waals surface area contributed by atoms with E-state index in [4.69, 9.17) is 9.47 Å². The lowest BCUT2D eigenvalue weighted by Crippen LogP contribution is -2.39. The Hall–Kier alpha value is -1.38. The summed E-state index contributed by atoms with van der Waals surface area (Å²) in [7, 11) is 0. The van der Waals surface area contributed by atoms with Crippen molar-refractivity contribution in [2.24, 2.45) is 5.41 Å². The summed E-state index contributed by atoms with van der Waals surface area (Å²) < 4.78 is 11.3. The summed E-state index contributed by atoms with van der Waals surface area (Å²) in [6, 6.07) is 0. The fourth-order valence-corrected chi connectivity index (χ4v) is 7.21. The first kappa shape index (κ1) is 45.6. The number of esters is 2. The molecule has 0 radical (unpaired) electrons. The number of thiocyanates is 2. The van der Waals surface area contributed by atoms with E-state index in [1.54, 1.807) is 0 Å². The molecule has 0 rings (SSSR count). The number of hydrogen-bond donors (Lipinski definition) is 0. The molecule has 272 valence electrons. The molecule has 0 N–H and O–H groups in total. The van der Waals surface area contributed by atoms with Gasteiger partial charge in [-0.2, -0.15) is 10.5 Å². The number of thioether (sulfide) groups is 2. The predicted molar refractivity (Wildman–Crippen MR) is 201 cm³/mol. The van der Waals surface area contributed by atoms with Crippen molar-refractivity contribution in [1.82, 2.24) is 0 Å². The molecule has 0 heterocycles. The minimum Gasteiger partial charge on any atom is -0.465 e. The topological polar surface area (TPSA) is 100 Å². The zero-order valence-electron chi connectivity index (χ0n) is 30.5. The van der Waals surface area contributed by atoms with Crippen LogP contribution >= 0.6 is 23.5 Å². The maximum Gasteiger partial charge on any atom is 0.305 e. The summed E-state index contributed by atoms with van der Waals surface area (Å²) in [5.41, 5.74) is -0.766. The van der Waals surface area contributed by atoms with Crippen molar-refractivity contribution in [2.75, 3.05) is 24.7 Å². The Kier molecular flexibility index (Phi) is 34.9. The Morgan fingerprint density at radius 3 is 0.979 bits per heavy atom. The van der Waals surface area contributed by atoms with Crippen LogP contribution in [-0.2, 0) is 19.1 Å². The lowest BCUT2D eigenvalue weighted by molar-refractivity contribution is -0.152. The summed E-state index contributed by atoms with van der Waals surface area (Å²) in [4.78, 5) is 25.1. The zero-order chi connectivity index (χ0) is 34.5. The molecule has 47 heavy (non-hydrogen) atoms. The third-order valence-electron chi connectivity index (χ3n) is 8.93. The van der Waals surface area contributed by atoms with Crippen molar-refractivity contribution < 1.29 is 19.1 Å². The van der Waals surface area contributed by atoms with E-state index in [1.807, 2.05) is 0 Å². The summed E-state index contributed by atoms with van der Waals surface area (Å²) in [6.45, 7) is 4.60. The first-order valence-corrected chi connectivity index (χ1v) is 21.3. The van der Waals surface area contributed by atoms with E-state index >= 15 is 0 Å². The molecule has 0 fully saturated rings. The van der Waals surface area contributed by atoms with Gasteiger partial charge in [0, 0.05) is 24.3 Å². The van der Waals surface area contributed by atoms with Gasteiger partial charge in [-0.3, -0.25) is 9.59 Å². The average molecular weight is 695 g/mol. The SMILES string of the molecule is CCCCCCCCCCCCCCCC(=O)OCC(COC(=O)CCCCCCCCCCCCCCC)(CSC#N)CSC#N. The standard InChI is InChI=1S/C39H70N2O4S2/c1-3-5-7-9-11-13-15-17-19-21-23-25-27-29-37(42)44-31-39(33-46-35-40,34-47-36-41)32-45-38(43)30-28-26-24-22-20-18-16-14-12-10-8-6-4-2/h3-34H2,1-2H3. The minimum atomic E-state index is -0.766. The van der Waals surface area contributed by atoms with Crippen LogP contribution in [0.3, 0.4) is 0 Å². The lowest BCUT2D eigenvalue weighted by Gasteiger charge is -2.30. The Labute approximate surface area is 298 Å². The zero-order valence-corrected chi connectivity index (χ0v) is 32.1. The highest BCUT2D eigenvalue weighted by molar-refractivity contribution is 8.04. The second-order valence-corrected chi connectivity index (χ2v) is 15.1. The quantitative estimate of drug-likeness (QED) is 0.0363. The van der Waals surface area contributed by atoms with E-state index in [0.717, 1.165) is 62.0 Å². The average Bonchev–Trinajstić information content (AvgIpc) is 3.08. The van der Waals surface area contributed by atoms with E-state index in [9.17, 15) is 20.1 Å². The van der Waals surface area contributed by atoms with E-state index in [1.165, 1.54) is 128 Å². The third-order valence-corrected chi connectivity index (χ3v) is 10.7. The van der Waals surface area contributed by atoms with Gasteiger partial charge in [0.25, 0.3) is 0 Å². The Morgan fingerprint density at radius 1 is 0.468 bits per heavy atom. The van der Waals surface area contributed by atoms with Gasteiger partial charge in [-0.05, 0) is 36.4 Å². The van der Waals surface area contributed by atoms with Gasteiger partial charge in [-0.1, -0.05) is 168 Å². The molecule has 0 unspecified atom stereocenters. The number of rotatable bonds is 36. The lowest BCUT2D eigenvalue weighted by atomic mass is 9.95. The van der Waals surface area contributed by atoms with Gasteiger partial charge in [-0.25, -0.2) is 0 Å². The van der Waals surface area contributed by atoms with Crippen molar-refractivity contribution in [3.8, 4) is 10.8 Å². The number of nitriles is 2. The molecule has 0 amide bonds. The predicted octanol–water partition coefficient (Wildman–Crippen LogP) is 12.5. The fraction of sp³-hybridized carbons (Fsp3) is 0.897. The number of hydrogen-bond acceptors (Lipinski definition) is 8. The molecular formula is C39H70N2O4S2. The maximum absolute atomic E-state index is 12.6. The minimum absolute atomic E-state index is 0.0413. The molecule has 0 bridgehead atoms. The number of ether oxygens (including phenoxy) is 2. The van der Waals surface area contributed by atoms with Crippen molar-refractivity contribution in [3.05, 3.63) is 0 Å². The van der Waals surface area contributed by atoms with Gasteiger partial charge >= 0.3 is 11.9 Å². The summed E-state index contributed by atoms with van der Waals surface area (Å²) in [5, 5.41) is 22.6. The molecule has 0 saturated carbocycles. The van der Waals surface area contributed by atoms with Crippen LogP contribution in [-0.4, -0.2) is 36.7 Å². The third kappa shape index (κ3) is 31.6. The van der Waals surface area contributed by atoms with Crippen LogP contribution in [0.4, 0.5) is 0 Å². The van der Waals surface area contributed by atoms with Gasteiger partial charge in [0.1, 0.15) is 24.0 Å². The second-order valence-electron chi connectivity index (χ2n) is 13.6. The number of nitrogens with zero attached hydrogens (tertiary/aromatic N) is 2. The van der Waals surface area contributed by atoms with Crippen LogP contribution in [0.2, 0.25) is 0 Å². The molecule has 0 atom stereocenters. The molecule has 0 aliphatic rings. The van der Waals surface area contributed by atoms with Crippen molar-refractivity contribution in [2.45, 2.75) is 194 Å². The molecule has 6 nitrogen and oxygen atoms in total. The smallest absolute Gasteiger partial charge is 0.305 e. The highest BCUT2D eigenvalue weighted by atomic mass is 32.2. The Bertz CT molecular complexity index is 746. The second kappa shape index (κ2) is 35.9. The summed E-state index contributed by atoms with van der Waals surface area (Å²) in [6.07, 6.45) is 33.2. The van der Waals surface area contributed by atoms with Crippen LogP contribution in [0, 0.1) is 26.7 Å². The van der Waals surface area contributed by atoms with Crippen LogP contribution in [0.15, 0.2) is 0 Å². The molecule has 0 spiro atoms. The van der Waals surface area contributed by atoms with Crippen molar-refractivity contribution >= 4 is 35.5 Å². The van der Waals surface area contributed by atoms with E-state index in [0.29, 0.717) is 24.3 Å². The molecule has 0 aromatic rings. The van der Waals surface area contributed by atoms with Gasteiger partial charge < -0.3 is 9.47 Å². The summed E-state index contributed by atoms with van der Waals surface area (Å²) >= 11 is 2.09. The normalized spacial score (nSPS) is 11.2. The molecule has 0 aliphatic heterocycles. The summed E-state index contributed by atoms with van der Waals surface area (Å²) in [5.74, 6) is 0.131. The number of unbranched alkanes of at least 4 members (excludes halogenated alkanes) is 24. The van der Waals surface area contributed by atoms with Gasteiger partial charge in [0.05, 0.1) is 5.41 Å². The largest absolute Gasteiger partial charge is 0.465 e. The van der Waals surface area contributed by atoms with Gasteiger partial charge in [-0.15, -0.1) is 0 Å². The first-order chi connectivity index (χ1) is 23.0. The van der Waals surface area contributed by atoms with E-state index < -0.39 is 5.41 Å². The van der Waals surface area contributed by atoms with Crippen LogP contribution in [0.25, 0.3) is 0 Å². The molecule has 0 aromatic heterocycles. The Balaban J connectivity index is 4.22.